The van der Waals surface area contributed by atoms with Gasteiger partial charge in [0.05, 0.1) is 25.0 Å². The van der Waals surface area contributed by atoms with Crippen LogP contribution in [0, 0.1) is 22.7 Å². The quantitative estimate of drug-likeness (QED) is 0.872. The first-order valence-electron chi connectivity index (χ1n) is 6.36. The van der Waals surface area contributed by atoms with Gasteiger partial charge in [-0.2, -0.15) is 10.5 Å². The Hall–Kier alpha value is -2.41. The van der Waals surface area contributed by atoms with Crippen molar-refractivity contribution in [2.75, 3.05) is 13.1 Å². The van der Waals surface area contributed by atoms with Crippen LogP contribution in [0.5, 0.6) is 0 Å². The molecule has 0 aliphatic carbocycles. The maximum absolute atomic E-state index is 12.3. The molecule has 0 bridgehead atoms. The van der Waals surface area contributed by atoms with E-state index < -0.39 is 0 Å². The average Bonchev–Trinajstić information content (AvgIpc) is 2.87. The van der Waals surface area contributed by atoms with Crippen molar-refractivity contribution in [1.82, 2.24) is 20.1 Å². The van der Waals surface area contributed by atoms with Gasteiger partial charge in [-0.1, -0.05) is 20.8 Å². The molecule has 1 aromatic heterocycles. The predicted octanol–water partition coefficient (Wildman–Crippen LogP) is 1.37. The van der Waals surface area contributed by atoms with Gasteiger partial charge in [-0.15, -0.1) is 5.10 Å². The summed E-state index contributed by atoms with van der Waals surface area (Å²) >= 11 is 0. The summed E-state index contributed by atoms with van der Waals surface area (Å²) in [4.78, 5) is 17.9. The van der Waals surface area contributed by atoms with Gasteiger partial charge in [0.15, 0.2) is 0 Å². The molecular formula is C13H18N6O. The van der Waals surface area contributed by atoms with E-state index in [2.05, 4.69) is 15.2 Å². The molecule has 0 radical (unpaired) electrons. The Morgan fingerprint density at radius 3 is 2.20 bits per heavy atom. The van der Waals surface area contributed by atoms with E-state index in [1.54, 1.807) is 0 Å². The summed E-state index contributed by atoms with van der Waals surface area (Å²) in [7, 11) is 0. The second-order valence-corrected chi connectivity index (χ2v) is 5.37. The maximum Gasteiger partial charge on any atom is 0.293 e. The molecule has 0 unspecified atom stereocenters. The van der Waals surface area contributed by atoms with E-state index in [1.807, 2.05) is 32.9 Å². The van der Waals surface area contributed by atoms with Crippen molar-refractivity contribution in [2.45, 2.75) is 39.0 Å². The largest absolute Gasteiger partial charge is 0.334 e. The summed E-state index contributed by atoms with van der Waals surface area (Å²) in [6, 6.07) is 3.97. The van der Waals surface area contributed by atoms with Crippen molar-refractivity contribution in [3.8, 4) is 12.1 Å². The first-order valence-corrected chi connectivity index (χ1v) is 6.36. The number of carbonyl (C=O) groups is 1. The predicted molar refractivity (Wildman–Crippen MR) is 71.4 cm³/mol. The first-order chi connectivity index (χ1) is 9.40. The van der Waals surface area contributed by atoms with E-state index in [9.17, 15) is 4.79 Å². The van der Waals surface area contributed by atoms with Gasteiger partial charge in [-0.3, -0.25) is 9.89 Å². The van der Waals surface area contributed by atoms with E-state index >= 15 is 0 Å². The van der Waals surface area contributed by atoms with E-state index in [0.29, 0.717) is 5.82 Å². The van der Waals surface area contributed by atoms with Crippen LogP contribution in [0.2, 0.25) is 0 Å². The van der Waals surface area contributed by atoms with Gasteiger partial charge >= 0.3 is 0 Å². The van der Waals surface area contributed by atoms with Gasteiger partial charge < -0.3 is 4.90 Å². The molecule has 1 N–H and O–H groups in total. The van der Waals surface area contributed by atoms with Crippen molar-refractivity contribution in [2.24, 2.45) is 0 Å². The van der Waals surface area contributed by atoms with Gasteiger partial charge in [0.25, 0.3) is 5.91 Å². The van der Waals surface area contributed by atoms with Gasteiger partial charge in [0.2, 0.25) is 5.82 Å². The molecule has 1 amide bonds. The Kier molecular flexibility index (Phi) is 5.22. The molecule has 0 atom stereocenters. The van der Waals surface area contributed by atoms with Crippen LogP contribution in [-0.4, -0.2) is 39.1 Å². The maximum atomic E-state index is 12.3. The second-order valence-electron chi connectivity index (χ2n) is 5.37. The van der Waals surface area contributed by atoms with E-state index in [-0.39, 0.29) is 43.1 Å². The highest BCUT2D eigenvalue weighted by Crippen LogP contribution is 2.17. The molecule has 0 aromatic carbocycles. The summed E-state index contributed by atoms with van der Waals surface area (Å²) in [5.41, 5.74) is -0.227. The SMILES string of the molecule is CC(C)(C)c1nc(C(=O)N(CCC#N)CCC#N)n[nH]1. The topological polar surface area (TPSA) is 109 Å². The third kappa shape index (κ3) is 4.06. The number of aromatic amines is 1. The third-order valence-corrected chi connectivity index (χ3v) is 2.66. The molecular weight excluding hydrogens is 256 g/mol. The molecule has 1 heterocycles. The Labute approximate surface area is 118 Å². The van der Waals surface area contributed by atoms with Gasteiger partial charge in [-0.25, -0.2) is 4.98 Å². The number of aromatic nitrogens is 3. The van der Waals surface area contributed by atoms with Crippen LogP contribution >= 0.6 is 0 Å². The van der Waals surface area contributed by atoms with Gasteiger partial charge in [0, 0.05) is 18.5 Å². The van der Waals surface area contributed by atoms with Crippen LogP contribution in [0.1, 0.15) is 50.1 Å². The summed E-state index contributed by atoms with van der Waals surface area (Å²) in [5, 5.41) is 23.9. The average molecular weight is 274 g/mol. The van der Waals surface area contributed by atoms with E-state index in [1.165, 1.54) is 4.90 Å². The molecule has 0 aliphatic heterocycles. The highest BCUT2D eigenvalue weighted by molar-refractivity contribution is 5.90. The molecule has 106 valence electrons. The lowest BCUT2D eigenvalue weighted by Crippen LogP contribution is -2.33. The normalized spacial score (nSPS) is 10.7. The third-order valence-electron chi connectivity index (χ3n) is 2.66. The van der Waals surface area contributed by atoms with Crippen LogP contribution < -0.4 is 0 Å². The highest BCUT2D eigenvalue weighted by Gasteiger charge is 2.24. The highest BCUT2D eigenvalue weighted by atomic mass is 16.2. The lowest BCUT2D eigenvalue weighted by molar-refractivity contribution is 0.0750. The molecule has 0 saturated heterocycles. The zero-order chi connectivity index (χ0) is 15.2. The number of amides is 1. The second kappa shape index (κ2) is 6.67. The summed E-state index contributed by atoms with van der Waals surface area (Å²) < 4.78 is 0. The minimum atomic E-state index is -0.359. The fourth-order valence-electron chi connectivity index (χ4n) is 1.52. The zero-order valence-electron chi connectivity index (χ0n) is 12.0. The van der Waals surface area contributed by atoms with Crippen molar-refractivity contribution in [3.05, 3.63) is 11.6 Å². The Bertz CT molecular complexity index is 524. The van der Waals surface area contributed by atoms with Gasteiger partial charge in [0.1, 0.15) is 5.82 Å². The van der Waals surface area contributed by atoms with Crippen molar-refractivity contribution >= 4 is 5.91 Å². The van der Waals surface area contributed by atoms with Crippen LogP contribution in [0.25, 0.3) is 0 Å². The van der Waals surface area contributed by atoms with Gasteiger partial charge in [-0.05, 0) is 0 Å². The standard InChI is InChI=1S/C13H18N6O/c1-13(2,3)12-16-10(17-18-12)11(20)19(8-4-6-14)9-5-7-15/h4-5,8-9H2,1-3H3,(H,16,17,18). The number of nitrogens with zero attached hydrogens (tertiary/aromatic N) is 5. The first kappa shape index (κ1) is 15.6. The fraction of sp³-hybridized carbons (Fsp3) is 0.615. The Morgan fingerprint density at radius 2 is 1.80 bits per heavy atom. The minimum Gasteiger partial charge on any atom is -0.334 e. The van der Waals surface area contributed by atoms with E-state index in [0.717, 1.165) is 0 Å². The molecule has 20 heavy (non-hydrogen) atoms. The number of rotatable bonds is 5. The lowest BCUT2D eigenvalue weighted by atomic mass is 9.96. The van der Waals surface area contributed by atoms with E-state index in [4.69, 9.17) is 10.5 Å². The van der Waals surface area contributed by atoms with Crippen LogP contribution in [0.4, 0.5) is 0 Å². The number of nitrogens with one attached hydrogen (secondary N) is 1. The summed E-state index contributed by atoms with van der Waals surface area (Å²) in [6.45, 7) is 6.44. The molecule has 0 fully saturated rings. The van der Waals surface area contributed by atoms with Crippen molar-refractivity contribution in [3.63, 3.8) is 0 Å². The number of nitriles is 2. The summed E-state index contributed by atoms with van der Waals surface area (Å²) in [6.07, 6.45) is 0.432. The molecule has 0 saturated carbocycles. The zero-order valence-corrected chi connectivity index (χ0v) is 12.0. The molecule has 7 heteroatoms. The minimum absolute atomic E-state index is 0.0748. The molecule has 0 spiro atoms. The van der Waals surface area contributed by atoms with Crippen LogP contribution in [0.15, 0.2) is 0 Å². The van der Waals surface area contributed by atoms with Crippen molar-refractivity contribution < 1.29 is 4.79 Å². The number of hydrogen-bond acceptors (Lipinski definition) is 5. The molecule has 0 aliphatic rings. The molecule has 1 rings (SSSR count). The molecule has 7 nitrogen and oxygen atoms in total. The number of H-pyrrole nitrogens is 1. The number of carbonyl (C=O) groups excluding carboxylic acids is 1. The Morgan fingerprint density at radius 1 is 1.25 bits per heavy atom. The van der Waals surface area contributed by atoms with Crippen LogP contribution in [0.3, 0.4) is 0 Å². The smallest absolute Gasteiger partial charge is 0.293 e. The van der Waals surface area contributed by atoms with Crippen LogP contribution in [-0.2, 0) is 5.41 Å². The Balaban J connectivity index is 2.86. The molecule has 1 aromatic rings. The monoisotopic (exact) mass is 274 g/mol. The fourth-order valence-corrected chi connectivity index (χ4v) is 1.52. The number of hydrogen-bond donors (Lipinski definition) is 1. The lowest BCUT2D eigenvalue weighted by Gasteiger charge is -2.18. The summed E-state index contributed by atoms with van der Waals surface area (Å²) in [5.74, 6) is 0.342. The van der Waals surface area contributed by atoms with Crippen molar-refractivity contribution in [1.29, 1.82) is 10.5 Å².